The molecule has 4 aromatic rings. The van der Waals surface area contributed by atoms with E-state index >= 15 is 0 Å². The van der Waals surface area contributed by atoms with Crippen molar-refractivity contribution in [3.63, 3.8) is 0 Å². The number of ether oxygens (including phenoxy) is 1. The Morgan fingerprint density at radius 1 is 0.851 bits per heavy atom. The third-order valence-corrected chi connectivity index (χ3v) is 10.0. The fraction of sp³-hybridized carbons (Fsp3) is 0.278. The number of nitrogens with zero attached hydrogens (tertiary/aromatic N) is 2. The number of nitrogens with one attached hydrogen (secondary N) is 1. The minimum Gasteiger partial charge on any atom is -0.494 e. The molecular weight excluding hydrogens is 657 g/mol. The number of halogens is 2. The molecule has 0 aliphatic heterocycles. The number of benzene rings is 4. The van der Waals surface area contributed by atoms with Gasteiger partial charge in [-0.2, -0.15) is 0 Å². The molecule has 4 rings (SSSR count). The summed E-state index contributed by atoms with van der Waals surface area (Å²) in [6, 6.07) is 26.2. The van der Waals surface area contributed by atoms with Crippen LogP contribution in [-0.4, -0.2) is 50.9 Å². The van der Waals surface area contributed by atoms with E-state index in [-0.39, 0.29) is 29.5 Å². The van der Waals surface area contributed by atoms with Crippen LogP contribution in [0.5, 0.6) is 5.75 Å². The first kappa shape index (κ1) is 35.8. The molecule has 1 atom stereocenters. The maximum atomic E-state index is 14.6. The Morgan fingerprint density at radius 2 is 1.49 bits per heavy atom. The highest BCUT2D eigenvalue weighted by atomic mass is 35.5. The van der Waals surface area contributed by atoms with E-state index in [0.29, 0.717) is 40.9 Å². The summed E-state index contributed by atoms with van der Waals surface area (Å²) in [5.41, 5.74) is 2.41. The molecule has 2 amide bonds. The lowest BCUT2D eigenvalue weighted by molar-refractivity contribution is -0.140. The lowest BCUT2D eigenvalue weighted by Crippen LogP contribution is -2.53. The van der Waals surface area contributed by atoms with E-state index in [1.165, 1.54) is 17.0 Å². The Bertz CT molecular complexity index is 1730. The van der Waals surface area contributed by atoms with E-state index in [1.807, 2.05) is 51.1 Å². The van der Waals surface area contributed by atoms with Crippen LogP contribution >= 0.6 is 23.2 Å². The Balaban J connectivity index is 1.83. The Kier molecular flexibility index (Phi) is 12.7. The third kappa shape index (κ3) is 9.28. The van der Waals surface area contributed by atoms with Gasteiger partial charge in [0.25, 0.3) is 10.0 Å². The van der Waals surface area contributed by atoms with E-state index in [0.717, 1.165) is 15.4 Å². The van der Waals surface area contributed by atoms with Crippen molar-refractivity contribution in [3.05, 3.63) is 124 Å². The highest BCUT2D eigenvalue weighted by Crippen LogP contribution is 2.30. The molecule has 1 N–H and O–H groups in total. The molecule has 4 aromatic carbocycles. The van der Waals surface area contributed by atoms with Gasteiger partial charge in [-0.05, 0) is 74.4 Å². The van der Waals surface area contributed by atoms with Crippen molar-refractivity contribution in [2.24, 2.45) is 0 Å². The predicted octanol–water partition coefficient (Wildman–Crippen LogP) is 7.06. The highest BCUT2D eigenvalue weighted by Gasteiger charge is 2.35. The Labute approximate surface area is 287 Å². The molecule has 0 spiro atoms. The second-order valence-corrected chi connectivity index (χ2v) is 13.6. The summed E-state index contributed by atoms with van der Waals surface area (Å²) < 4.78 is 35.1. The number of hydrogen-bond acceptors (Lipinski definition) is 5. The second-order valence-electron chi connectivity index (χ2n) is 11.0. The number of carbonyl (C=O) groups excluding carboxylic acids is 2. The molecule has 47 heavy (non-hydrogen) atoms. The number of aryl methyl sites for hydroxylation is 1. The quantitative estimate of drug-likeness (QED) is 0.144. The largest absolute Gasteiger partial charge is 0.494 e. The first-order chi connectivity index (χ1) is 22.5. The minimum atomic E-state index is -4.24. The molecule has 0 heterocycles. The number of anilines is 1. The fourth-order valence-corrected chi connectivity index (χ4v) is 6.95. The first-order valence-corrected chi connectivity index (χ1v) is 17.6. The van der Waals surface area contributed by atoms with Gasteiger partial charge in [0.05, 0.1) is 17.2 Å². The van der Waals surface area contributed by atoms with Gasteiger partial charge < -0.3 is 15.0 Å². The van der Waals surface area contributed by atoms with Gasteiger partial charge in [0.2, 0.25) is 11.8 Å². The van der Waals surface area contributed by atoms with Crippen molar-refractivity contribution in [1.82, 2.24) is 10.2 Å². The van der Waals surface area contributed by atoms with Crippen LogP contribution in [0.2, 0.25) is 10.0 Å². The summed E-state index contributed by atoms with van der Waals surface area (Å²) >= 11 is 13.1. The monoisotopic (exact) mass is 695 g/mol. The summed E-state index contributed by atoms with van der Waals surface area (Å²) in [6.07, 6.45) is 0.867. The van der Waals surface area contributed by atoms with E-state index in [9.17, 15) is 18.0 Å². The van der Waals surface area contributed by atoms with Gasteiger partial charge in [0.1, 0.15) is 18.3 Å². The van der Waals surface area contributed by atoms with Crippen LogP contribution in [-0.2, 0) is 32.6 Å². The van der Waals surface area contributed by atoms with Crippen LogP contribution in [0.15, 0.2) is 102 Å². The molecule has 11 heteroatoms. The third-order valence-electron chi connectivity index (χ3n) is 7.53. The summed E-state index contributed by atoms with van der Waals surface area (Å²) in [5, 5.41) is 3.56. The molecule has 248 valence electrons. The molecule has 8 nitrogen and oxygen atoms in total. The average molecular weight is 697 g/mol. The van der Waals surface area contributed by atoms with Crippen LogP contribution in [0.25, 0.3) is 0 Å². The lowest BCUT2D eigenvalue weighted by atomic mass is 10.0. The fourth-order valence-electron chi connectivity index (χ4n) is 5.02. The van der Waals surface area contributed by atoms with Gasteiger partial charge in [-0.3, -0.25) is 13.9 Å². The molecular formula is C36H39Cl2N3O5S. The van der Waals surface area contributed by atoms with Crippen molar-refractivity contribution >= 4 is 50.7 Å². The van der Waals surface area contributed by atoms with Crippen LogP contribution in [0.1, 0.15) is 37.0 Å². The number of carbonyl (C=O) groups is 2. The molecule has 0 unspecified atom stereocenters. The van der Waals surface area contributed by atoms with Gasteiger partial charge in [-0.15, -0.1) is 0 Å². The van der Waals surface area contributed by atoms with Crippen LogP contribution in [0, 0.1) is 6.92 Å². The van der Waals surface area contributed by atoms with Gasteiger partial charge in [-0.25, -0.2) is 8.42 Å². The SMILES string of the molecule is CCCNC(=O)[C@@H](Cc1ccccc1)N(Cc1c(Cl)cccc1Cl)C(=O)CN(c1ccc(OCC)cc1)S(=O)(=O)c1ccc(C)cc1. The Hall–Kier alpha value is -4.05. The van der Waals surface area contributed by atoms with Crippen molar-refractivity contribution in [1.29, 1.82) is 0 Å². The molecule has 0 aliphatic carbocycles. The van der Waals surface area contributed by atoms with Crippen molar-refractivity contribution in [2.45, 2.75) is 51.1 Å². The molecule has 0 saturated carbocycles. The van der Waals surface area contributed by atoms with Crippen LogP contribution < -0.4 is 14.4 Å². The molecule has 0 aromatic heterocycles. The van der Waals surface area contributed by atoms with E-state index in [1.54, 1.807) is 54.6 Å². The summed E-state index contributed by atoms with van der Waals surface area (Å²) in [5.74, 6) is -0.430. The van der Waals surface area contributed by atoms with Gasteiger partial charge in [-0.1, -0.05) is 84.2 Å². The molecule has 0 aliphatic rings. The number of amides is 2. The molecule has 0 radical (unpaired) electrons. The van der Waals surface area contributed by atoms with E-state index in [2.05, 4.69) is 5.32 Å². The number of hydrogen-bond donors (Lipinski definition) is 1. The zero-order chi connectivity index (χ0) is 34.0. The van der Waals surface area contributed by atoms with Gasteiger partial charge in [0, 0.05) is 35.1 Å². The summed E-state index contributed by atoms with van der Waals surface area (Å²) in [4.78, 5) is 29.8. The van der Waals surface area contributed by atoms with Crippen molar-refractivity contribution in [3.8, 4) is 5.75 Å². The van der Waals surface area contributed by atoms with Crippen LogP contribution in [0.3, 0.4) is 0 Å². The average Bonchev–Trinajstić information content (AvgIpc) is 3.06. The van der Waals surface area contributed by atoms with E-state index < -0.39 is 28.5 Å². The topological polar surface area (TPSA) is 96.0 Å². The maximum absolute atomic E-state index is 14.6. The van der Waals surface area contributed by atoms with Crippen molar-refractivity contribution < 1.29 is 22.7 Å². The highest BCUT2D eigenvalue weighted by molar-refractivity contribution is 7.92. The Morgan fingerprint density at radius 3 is 2.09 bits per heavy atom. The zero-order valence-electron chi connectivity index (χ0n) is 26.7. The standard InChI is InChI=1S/C36H39Cl2N3O5S/c1-4-22-39-36(43)34(23-27-10-7-6-8-11-27)40(24-31-32(37)12-9-13-33(31)38)35(42)25-41(28-16-18-29(19-17-28)46-5-2)47(44,45)30-20-14-26(3)15-21-30/h6-21,34H,4-5,22-25H2,1-3H3,(H,39,43)/t34-/m1/s1. The maximum Gasteiger partial charge on any atom is 0.264 e. The second kappa shape index (κ2) is 16.7. The summed E-state index contributed by atoms with van der Waals surface area (Å²) in [6.45, 7) is 5.75. The molecule has 0 fully saturated rings. The van der Waals surface area contributed by atoms with E-state index in [4.69, 9.17) is 27.9 Å². The minimum absolute atomic E-state index is 0.0204. The number of sulfonamides is 1. The van der Waals surface area contributed by atoms with Crippen LogP contribution in [0.4, 0.5) is 5.69 Å². The normalized spacial score (nSPS) is 11.9. The first-order valence-electron chi connectivity index (χ1n) is 15.4. The zero-order valence-corrected chi connectivity index (χ0v) is 29.0. The molecule has 0 bridgehead atoms. The van der Waals surface area contributed by atoms with Gasteiger partial charge >= 0.3 is 0 Å². The number of rotatable bonds is 15. The van der Waals surface area contributed by atoms with Crippen molar-refractivity contribution in [2.75, 3.05) is 24.0 Å². The summed E-state index contributed by atoms with van der Waals surface area (Å²) in [7, 11) is -4.24. The predicted molar refractivity (Wildman–Crippen MR) is 188 cm³/mol. The molecule has 0 saturated heterocycles. The van der Waals surface area contributed by atoms with Gasteiger partial charge in [0.15, 0.2) is 0 Å². The lowest BCUT2D eigenvalue weighted by Gasteiger charge is -2.34. The smallest absolute Gasteiger partial charge is 0.264 e.